The molecule has 0 saturated carbocycles. The van der Waals surface area contributed by atoms with Gasteiger partial charge < -0.3 is 109 Å². The lowest BCUT2D eigenvalue weighted by molar-refractivity contribution is -0.141. The minimum atomic E-state index is -1.98. The van der Waals surface area contributed by atoms with E-state index >= 15 is 0 Å². The maximum Gasteiger partial charge on any atom is 0.327 e. The van der Waals surface area contributed by atoms with Gasteiger partial charge in [-0.15, -0.1) is 0 Å². The summed E-state index contributed by atoms with van der Waals surface area (Å²) in [5.74, 6) is -16.0. The van der Waals surface area contributed by atoms with Gasteiger partial charge in [0.05, 0.1) is 44.7 Å². The summed E-state index contributed by atoms with van der Waals surface area (Å²) in [6.45, 7) is 1.11. The third-order valence-electron chi connectivity index (χ3n) is 10.6. The molecule has 0 rings (SSSR count). The molecule has 79 heavy (non-hydrogen) atoms. The standard InChI is InChI=1S/C42H75N19O16S2/c1-17(2)30(60-36(72)21(7-5-9-51-42(48)49)55-29(67)13-52-33(69)22(10-26(44)64)56-32(68)19(43)15-78)38(74)58-24(14-62)37(73)61-31(18(3)63)39(75)57-23(11-27(45)65)34(70)53-12-28(66)54-20(6-4-8-50-41(46)47)35(71)59-25(16-79)40(76)77/h17-25,30-31,62-63,78-79H,4-16,43H2,1-3H3,(H2,44,64)(H2,45,65)(H,52,69)(H,53,70)(H,54,66)(H,55,67)(H,56,68)(H,57,75)(H,58,74)(H,59,71)(H,60,72)(H,61,73)(H,76,77)(H4,46,47,50)(H4,48,49,51)/t18-,19+,20+,21+,22+,23+,24+,25+,30+,31+/m1/s1. The molecule has 0 aromatic heterocycles. The summed E-state index contributed by atoms with van der Waals surface area (Å²) in [5, 5.41) is 52.4. The predicted octanol–water partition coefficient (Wildman–Crippen LogP) is -11.7. The van der Waals surface area contributed by atoms with Crippen LogP contribution in [0.25, 0.3) is 0 Å². The molecule has 446 valence electrons. The van der Waals surface area contributed by atoms with Crippen molar-refractivity contribution in [3.63, 3.8) is 0 Å². The Morgan fingerprint density at radius 1 is 0.481 bits per heavy atom. The highest BCUT2D eigenvalue weighted by Gasteiger charge is 2.36. The fraction of sp³-hybridized carbons (Fsp3) is 0.643. The normalized spacial score (nSPS) is 14.6. The first-order chi connectivity index (χ1) is 36.9. The molecule has 37 heteroatoms. The van der Waals surface area contributed by atoms with Gasteiger partial charge >= 0.3 is 5.97 Å². The number of carbonyl (C=O) groups is 13. The van der Waals surface area contributed by atoms with Crippen LogP contribution in [0.15, 0.2) is 9.98 Å². The summed E-state index contributed by atoms with van der Waals surface area (Å²) in [4.78, 5) is 174. The second-order valence-corrected chi connectivity index (χ2v) is 18.3. The van der Waals surface area contributed by atoms with Crippen molar-refractivity contribution < 1.29 is 77.6 Å². The first kappa shape index (κ1) is 71.2. The maximum absolute atomic E-state index is 13.7. The number of aliphatic hydroxyl groups is 2. The minimum absolute atomic E-state index is 0.0117. The van der Waals surface area contributed by atoms with Crippen molar-refractivity contribution in [1.29, 1.82) is 0 Å². The maximum atomic E-state index is 13.7. The van der Waals surface area contributed by atoms with Gasteiger partial charge in [0.2, 0.25) is 70.9 Å². The monoisotopic (exact) mass is 1170 g/mol. The number of carboxylic acids is 1. The first-order valence-electron chi connectivity index (χ1n) is 24.0. The lowest BCUT2D eigenvalue weighted by Crippen LogP contribution is -2.62. The Hall–Kier alpha value is -7.77. The highest BCUT2D eigenvalue weighted by molar-refractivity contribution is 7.80. The summed E-state index contributed by atoms with van der Waals surface area (Å²) in [5.41, 5.74) is 37.5. The molecule has 0 bridgehead atoms. The average Bonchev–Trinajstić information content (AvgIpc) is 3.36. The van der Waals surface area contributed by atoms with Gasteiger partial charge in [-0.2, -0.15) is 25.3 Å². The lowest BCUT2D eigenvalue weighted by atomic mass is 10.0. The molecule has 0 spiro atoms. The Bertz CT molecular complexity index is 2220. The first-order valence-corrected chi connectivity index (χ1v) is 25.3. The van der Waals surface area contributed by atoms with E-state index in [0.29, 0.717) is 0 Å². The van der Waals surface area contributed by atoms with E-state index in [4.69, 9.17) is 40.1 Å². The van der Waals surface area contributed by atoms with Crippen molar-refractivity contribution in [2.45, 2.75) is 120 Å². The van der Waals surface area contributed by atoms with E-state index in [1.54, 1.807) is 0 Å². The van der Waals surface area contributed by atoms with Crippen LogP contribution in [0, 0.1) is 5.92 Å². The largest absolute Gasteiger partial charge is 0.480 e. The average molecular weight is 1170 g/mol. The number of hydrogen-bond acceptors (Lipinski definition) is 20. The van der Waals surface area contributed by atoms with Crippen molar-refractivity contribution in [2.24, 2.45) is 56.0 Å². The Kier molecular flexibility index (Phi) is 33.5. The van der Waals surface area contributed by atoms with Crippen molar-refractivity contribution in [1.82, 2.24) is 53.2 Å². The SMILES string of the molecule is CC(C)[C@H](NC(=O)[C@H](CCCN=C(N)N)NC(=O)CNC(=O)[C@H](CC(N)=O)NC(=O)[C@@H](N)CS)C(=O)N[C@@H](CO)C(=O)N[C@H](C(=O)N[C@@H](CC(N)=O)C(=O)NCC(=O)N[C@@H](CCCN=C(N)N)C(=O)N[C@@H](CS)C(=O)O)[C@@H](C)O. The highest BCUT2D eigenvalue weighted by Crippen LogP contribution is 2.08. The van der Waals surface area contributed by atoms with Crippen LogP contribution >= 0.6 is 25.3 Å². The Morgan fingerprint density at radius 3 is 1.23 bits per heavy atom. The fourth-order valence-corrected chi connectivity index (χ4v) is 6.84. The van der Waals surface area contributed by atoms with Crippen LogP contribution in [-0.4, -0.2) is 209 Å². The van der Waals surface area contributed by atoms with Crippen LogP contribution in [0.5, 0.6) is 0 Å². The van der Waals surface area contributed by atoms with Crippen molar-refractivity contribution in [3.8, 4) is 0 Å². The van der Waals surface area contributed by atoms with Crippen LogP contribution in [0.1, 0.15) is 59.3 Å². The third kappa shape index (κ3) is 29.0. The smallest absolute Gasteiger partial charge is 0.327 e. The van der Waals surface area contributed by atoms with Crippen LogP contribution < -0.4 is 93.3 Å². The molecular formula is C42H75N19O16S2. The number of carbonyl (C=O) groups excluding carboxylic acids is 12. The number of thiol groups is 2. The molecule has 0 radical (unpaired) electrons. The molecule has 0 heterocycles. The predicted molar refractivity (Wildman–Crippen MR) is 286 cm³/mol. The molecule has 0 aliphatic carbocycles. The molecule has 35 nitrogen and oxygen atoms in total. The molecule has 27 N–H and O–H groups in total. The molecule has 0 unspecified atom stereocenters. The van der Waals surface area contributed by atoms with E-state index in [9.17, 15) is 77.6 Å². The van der Waals surface area contributed by atoms with Gasteiger partial charge in [0.15, 0.2) is 11.9 Å². The molecule has 0 aromatic rings. The molecule has 0 fully saturated rings. The van der Waals surface area contributed by atoms with Gasteiger partial charge in [-0.3, -0.25) is 67.5 Å². The highest BCUT2D eigenvalue weighted by atomic mass is 32.1. The van der Waals surface area contributed by atoms with Gasteiger partial charge in [0.1, 0.15) is 48.3 Å². The van der Waals surface area contributed by atoms with Crippen molar-refractivity contribution in [3.05, 3.63) is 0 Å². The van der Waals surface area contributed by atoms with Gasteiger partial charge in [-0.25, -0.2) is 4.79 Å². The molecular weight excluding hydrogens is 1090 g/mol. The number of nitrogens with two attached hydrogens (primary N) is 7. The molecule has 0 aliphatic heterocycles. The number of aliphatic hydroxyl groups excluding tert-OH is 2. The number of aliphatic carboxylic acids is 1. The number of primary amides is 2. The number of nitrogens with zero attached hydrogens (tertiary/aromatic N) is 2. The second kappa shape index (κ2) is 37.1. The number of carboxylic acid groups (broad SMARTS) is 1. The number of guanidine groups is 2. The van der Waals surface area contributed by atoms with Crippen LogP contribution in [0.4, 0.5) is 0 Å². The molecule has 0 saturated heterocycles. The van der Waals surface area contributed by atoms with Crippen LogP contribution in [-0.2, 0) is 62.3 Å². The van der Waals surface area contributed by atoms with Crippen LogP contribution in [0.2, 0.25) is 0 Å². The summed E-state index contributed by atoms with van der Waals surface area (Å²) in [6.07, 6.45) is -3.47. The van der Waals surface area contributed by atoms with E-state index in [1.165, 1.54) is 13.8 Å². The van der Waals surface area contributed by atoms with E-state index in [-0.39, 0.29) is 62.2 Å². The Morgan fingerprint density at radius 2 is 0.861 bits per heavy atom. The van der Waals surface area contributed by atoms with Gasteiger partial charge in [0, 0.05) is 24.6 Å². The molecule has 12 amide bonds. The third-order valence-corrected chi connectivity index (χ3v) is 11.3. The second-order valence-electron chi connectivity index (χ2n) is 17.6. The molecule has 10 atom stereocenters. The van der Waals surface area contributed by atoms with Crippen molar-refractivity contribution in [2.75, 3.05) is 44.3 Å². The number of amides is 12. The van der Waals surface area contributed by atoms with E-state index in [0.717, 1.165) is 6.92 Å². The molecule has 0 aliphatic rings. The van der Waals surface area contributed by atoms with Gasteiger partial charge in [-0.1, -0.05) is 13.8 Å². The summed E-state index contributed by atoms with van der Waals surface area (Å²) < 4.78 is 0. The molecule has 0 aromatic carbocycles. The number of rotatable bonds is 38. The summed E-state index contributed by atoms with van der Waals surface area (Å²) >= 11 is 7.79. The van der Waals surface area contributed by atoms with Gasteiger partial charge in [0.25, 0.3) is 0 Å². The Labute approximate surface area is 463 Å². The van der Waals surface area contributed by atoms with E-state index in [2.05, 4.69) is 88.4 Å². The van der Waals surface area contributed by atoms with Gasteiger partial charge in [-0.05, 0) is 38.5 Å². The quantitative estimate of drug-likeness (QED) is 0.0118. The number of aliphatic imine (C=N–C) groups is 2. The summed E-state index contributed by atoms with van der Waals surface area (Å²) in [7, 11) is 0. The van der Waals surface area contributed by atoms with E-state index in [1.807, 2.05) is 0 Å². The zero-order valence-electron chi connectivity index (χ0n) is 43.5. The Balaban J connectivity index is 6.20. The summed E-state index contributed by atoms with van der Waals surface area (Å²) in [6, 6.07) is -14.3. The lowest BCUT2D eigenvalue weighted by Gasteiger charge is -2.28. The topological polar surface area (TPSA) is 610 Å². The van der Waals surface area contributed by atoms with Crippen molar-refractivity contribution >= 4 is 114 Å². The zero-order valence-corrected chi connectivity index (χ0v) is 45.3. The minimum Gasteiger partial charge on any atom is -0.480 e. The number of hydrogen-bond donors (Lipinski definition) is 22. The van der Waals surface area contributed by atoms with Crippen LogP contribution in [0.3, 0.4) is 0 Å². The fourth-order valence-electron chi connectivity index (χ4n) is 6.42. The number of nitrogens with one attached hydrogen (secondary N) is 10. The zero-order chi connectivity index (χ0) is 60.7. The van der Waals surface area contributed by atoms with E-state index < -0.39 is 176 Å².